The zero-order chi connectivity index (χ0) is 16.8. The Hall–Kier alpha value is -1.85. The number of benzene rings is 1. The number of phenolic OH excluding ortho intramolecular Hbond substituents is 1. The molecule has 0 saturated carbocycles. The van der Waals surface area contributed by atoms with Gasteiger partial charge in [0.2, 0.25) is 0 Å². The summed E-state index contributed by atoms with van der Waals surface area (Å²) in [4.78, 5) is 14.1. The van der Waals surface area contributed by atoms with Crippen LogP contribution in [-0.2, 0) is 6.54 Å². The lowest BCUT2D eigenvalue weighted by atomic mass is 10.1. The lowest BCUT2D eigenvalue weighted by Crippen LogP contribution is -2.26. The SMILES string of the molecule is CCCCN(CCCO)Cc1cc(=O)oc2c(C)c(O)ccc12. The van der Waals surface area contributed by atoms with Gasteiger partial charge in [0.05, 0.1) is 0 Å². The molecule has 0 aliphatic heterocycles. The minimum atomic E-state index is -0.404. The van der Waals surface area contributed by atoms with Crippen LogP contribution in [0, 0.1) is 6.92 Å². The van der Waals surface area contributed by atoms with E-state index in [9.17, 15) is 9.90 Å². The Balaban J connectivity index is 2.37. The molecule has 5 heteroatoms. The van der Waals surface area contributed by atoms with E-state index in [1.807, 2.05) is 0 Å². The number of aliphatic hydroxyl groups is 1. The summed E-state index contributed by atoms with van der Waals surface area (Å²) in [7, 11) is 0. The second kappa shape index (κ2) is 8.13. The molecule has 0 fully saturated rings. The van der Waals surface area contributed by atoms with Crippen molar-refractivity contribution in [1.82, 2.24) is 4.90 Å². The normalized spacial score (nSPS) is 11.5. The molecular weight excluding hydrogens is 294 g/mol. The molecule has 23 heavy (non-hydrogen) atoms. The van der Waals surface area contributed by atoms with Gasteiger partial charge >= 0.3 is 5.63 Å². The van der Waals surface area contributed by atoms with E-state index in [1.165, 1.54) is 6.07 Å². The van der Waals surface area contributed by atoms with Crippen LogP contribution in [0.4, 0.5) is 0 Å². The summed E-state index contributed by atoms with van der Waals surface area (Å²) < 4.78 is 5.28. The van der Waals surface area contributed by atoms with Gasteiger partial charge < -0.3 is 14.6 Å². The zero-order valence-electron chi connectivity index (χ0n) is 13.8. The monoisotopic (exact) mass is 319 g/mol. The zero-order valence-corrected chi connectivity index (χ0v) is 13.8. The van der Waals surface area contributed by atoms with Crippen molar-refractivity contribution in [3.8, 4) is 5.75 Å². The smallest absolute Gasteiger partial charge is 0.336 e. The van der Waals surface area contributed by atoms with E-state index in [0.29, 0.717) is 24.1 Å². The number of unbranched alkanes of at least 4 members (excludes halogenated alkanes) is 1. The molecule has 0 amide bonds. The van der Waals surface area contributed by atoms with Crippen molar-refractivity contribution in [3.05, 3.63) is 39.7 Å². The highest BCUT2D eigenvalue weighted by Gasteiger charge is 2.13. The van der Waals surface area contributed by atoms with Crippen molar-refractivity contribution in [2.75, 3.05) is 19.7 Å². The Morgan fingerprint density at radius 3 is 2.65 bits per heavy atom. The number of aryl methyl sites for hydroxylation is 1. The van der Waals surface area contributed by atoms with Gasteiger partial charge in [-0.25, -0.2) is 4.79 Å². The van der Waals surface area contributed by atoms with Gasteiger partial charge in [-0.2, -0.15) is 0 Å². The molecule has 1 aromatic heterocycles. The third-order valence-electron chi connectivity index (χ3n) is 4.07. The minimum absolute atomic E-state index is 0.126. The van der Waals surface area contributed by atoms with Crippen molar-refractivity contribution in [1.29, 1.82) is 0 Å². The van der Waals surface area contributed by atoms with Crippen molar-refractivity contribution in [2.45, 2.75) is 39.7 Å². The largest absolute Gasteiger partial charge is 0.508 e. The summed E-state index contributed by atoms with van der Waals surface area (Å²) in [6.45, 7) is 6.39. The number of nitrogens with zero attached hydrogens (tertiary/aromatic N) is 1. The van der Waals surface area contributed by atoms with Gasteiger partial charge in [-0.05, 0) is 44.0 Å². The van der Waals surface area contributed by atoms with Gasteiger partial charge in [-0.3, -0.25) is 4.90 Å². The lowest BCUT2D eigenvalue weighted by molar-refractivity contribution is 0.216. The summed E-state index contributed by atoms with van der Waals surface area (Å²) >= 11 is 0. The number of hydrogen-bond donors (Lipinski definition) is 2. The standard InChI is InChI=1S/C18H25NO4/c1-3-4-8-19(9-5-10-20)12-14-11-17(22)23-18-13(2)16(21)7-6-15(14)18/h6-7,11,20-21H,3-5,8-10,12H2,1-2H3. The molecule has 0 atom stereocenters. The van der Waals surface area contributed by atoms with Crippen LogP contribution in [0.2, 0.25) is 0 Å². The highest BCUT2D eigenvalue weighted by molar-refractivity contribution is 5.84. The first-order chi connectivity index (χ1) is 11.1. The van der Waals surface area contributed by atoms with Crippen LogP contribution in [-0.4, -0.2) is 34.8 Å². The number of rotatable bonds is 8. The second-order valence-electron chi connectivity index (χ2n) is 5.88. The molecule has 2 N–H and O–H groups in total. The molecule has 1 aromatic carbocycles. The fraction of sp³-hybridized carbons (Fsp3) is 0.500. The average molecular weight is 319 g/mol. The third kappa shape index (κ3) is 4.33. The van der Waals surface area contributed by atoms with Crippen LogP contribution in [0.5, 0.6) is 5.75 Å². The molecule has 1 heterocycles. The average Bonchev–Trinajstić information content (AvgIpc) is 2.53. The Labute approximate surface area is 136 Å². The molecule has 0 unspecified atom stereocenters. The lowest BCUT2D eigenvalue weighted by Gasteiger charge is -2.22. The van der Waals surface area contributed by atoms with E-state index in [-0.39, 0.29) is 12.4 Å². The highest BCUT2D eigenvalue weighted by Crippen LogP contribution is 2.28. The molecule has 0 aliphatic carbocycles. The molecule has 2 rings (SSSR count). The molecule has 0 spiro atoms. The summed E-state index contributed by atoms with van der Waals surface area (Å²) in [5.41, 5.74) is 1.52. The van der Waals surface area contributed by atoms with Crippen LogP contribution in [0.1, 0.15) is 37.3 Å². The Morgan fingerprint density at radius 1 is 1.22 bits per heavy atom. The number of phenols is 1. The maximum absolute atomic E-state index is 11.9. The predicted molar refractivity (Wildman–Crippen MR) is 90.8 cm³/mol. The van der Waals surface area contributed by atoms with Crippen LogP contribution in [0.3, 0.4) is 0 Å². The van der Waals surface area contributed by atoms with Gasteiger partial charge in [-0.1, -0.05) is 13.3 Å². The van der Waals surface area contributed by atoms with Crippen LogP contribution in [0.15, 0.2) is 27.4 Å². The fourth-order valence-corrected chi connectivity index (χ4v) is 2.73. The third-order valence-corrected chi connectivity index (χ3v) is 4.07. The van der Waals surface area contributed by atoms with Gasteiger partial charge in [-0.15, -0.1) is 0 Å². The fourth-order valence-electron chi connectivity index (χ4n) is 2.73. The van der Waals surface area contributed by atoms with Gasteiger partial charge in [0.1, 0.15) is 11.3 Å². The molecular formula is C18H25NO4. The first-order valence-electron chi connectivity index (χ1n) is 8.15. The highest BCUT2D eigenvalue weighted by atomic mass is 16.4. The predicted octanol–water partition coefficient (Wildman–Crippen LogP) is 2.79. The molecule has 0 aliphatic rings. The van der Waals surface area contributed by atoms with Crippen molar-refractivity contribution < 1.29 is 14.6 Å². The van der Waals surface area contributed by atoms with Crippen molar-refractivity contribution >= 4 is 11.0 Å². The first-order valence-corrected chi connectivity index (χ1v) is 8.15. The molecule has 126 valence electrons. The summed E-state index contributed by atoms with van der Waals surface area (Å²) in [5.74, 6) is 0.126. The maximum atomic E-state index is 11.9. The Kier molecular flexibility index (Phi) is 6.19. The number of hydrogen-bond acceptors (Lipinski definition) is 5. The quantitative estimate of drug-likeness (QED) is 0.732. The number of aliphatic hydroxyl groups excluding tert-OH is 1. The summed E-state index contributed by atoms with van der Waals surface area (Å²) in [6, 6.07) is 4.95. The topological polar surface area (TPSA) is 73.9 Å². The van der Waals surface area contributed by atoms with Crippen LogP contribution < -0.4 is 5.63 Å². The number of fused-ring (bicyclic) bond motifs is 1. The molecule has 0 saturated heterocycles. The van der Waals surface area contributed by atoms with Gasteiger partial charge in [0.15, 0.2) is 0 Å². The van der Waals surface area contributed by atoms with E-state index in [1.54, 1.807) is 19.1 Å². The first kappa shape index (κ1) is 17.5. The summed E-state index contributed by atoms with van der Waals surface area (Å²) in [5, 5.41) is 19.7. The van der Waals surface area contributed by atoms with E-state index in [4.69, 9.17) is 9.52 Å². The Bertz CT molecular complexity index is 700. The van der Waals surface area contributed by atoms with Gasteiger partial charge in [0.25, 0.3) is 0 Å². The minimum Gasteiger partial charge on any atom is -0.508 e. The van der Waals surface area contributed by atoms with E-state index in [2.05, 4.69) is 11.8 Å². The van der Waals surface area contributed by atoms with E-state index >= 15 is 0 Å². The van der Waals surface area contributed by atoms with Gasteiger partial charge in [0, 0.05) is 36.7 Å². The maximum Gasteiger partial charge on any atom is 0.336 e. The summed E-state index contributed by atoms with van der Waals surface area (Å²) in [6.07, 6.45) is 2.88. The second-order valence-corrected chi connectivity index (χ2v) is 5.88. The van der Waals surface area contributed by atoms with Crippen LogP contribution >= 0.6 is 0 Å². The van der Waals surface area contributed by atoms with E-state index < -0.39 is 5.63 Å². The Morgan fingerprint density at radius 2 is 1.96 bits per heavy atom. The molecule has 5 nitrogen and oxygen atoms in total. The van der Waals surface area contributed by atoms with Crippen molar-refractivity contribution in [3.63, 3.8) is 0 Å². The van der Waals surface area contributed by atoms with Crippen molar-refractivity contribution in [2.24, 2.45) is 0 Å². The number of aromatic hydroxyl groups is 1. The molecule has 0 radical (unpaired) electrons. The molecule has 2 aromatic rings. The van der Waals surface area contributed by atoms with E-state index in [0.717, 1.165) is 36.9 Å². The molecule has 0 bridgehead atoms. The van der Waals surface area contributed by atoms with Crippen LogP contribution in [0.25, 0.3) is 11.0 Å².